The predicted molar refractivity (Wildman–Crippen MR) is 85.0 cm³/mol. The highest BCUT2D eigenvalue weighted by Crippen LogP contribution is 2.22. The maximum atomic E-state index is 12.0. The fourth-order valence-corrected chi connectivity index (χ4v) is 2.41. The molecule has 0 radical (unpaired) electrons. The van der Waals surface area contributed by atoms with Crippen molar-refractivity contribution in [2.75, 3.05) is 0 Å². The van der Waals surface area contributed by atoms with E-state index in [1.807, 2.05) is 28.8 Å². The van der Waals surface area contributed by atoms with Crippen LogP contribution in [0.3, 0.4) is 0 Å². The minimum Gasteiger partial charge on any atom is -0.348 e. The minimum absolute atomic E-state index is 0.119. The van der Waals surface area contributed by atoms with Crippen molar-refractivity contribution in [3.05, 3.63) is 64.0 Å². The van der Waals surface area contributed by atoms with E-state index in [-0.39, 0.29) is 12.3 Å². The molecule has 1 aromatic carbocycles. The van der Waals surface area contributed by atoms with Crippen LogP contribution in [0.1, 0.15) is 11.4 Å². The number of amides is 1. The van der Waals surface area contributed by atoms with Crippen LogP contribution in [-0.4, -0.2) is 20.5 Å². The topological polar surface area (TPSA) is 59.3 Å². The van der Waals surface area contributed by atoms with E-state index in [2.05, 4.69) is 15.5 Å². The first-order valence-corrected chi connectivity index (χ1v) is 7.38. The van der Waals surface area contributed by atoms with Crippen LogP contribution in [0.4, 0.5) is 0 Å². The van der Waals surface area contributed by atoms with Crippen LogP contribution in [0.25, 0.3) is 5.65 Å². The second kappa shape index (κ2) is 6.34. The molecule has 0 unspecified atom stereocenters. The number of aromatic nitrogens is 3. The molecule has 0 spiro atoms. The third-order valence-electron chi connectivity index (χ3n) is 3.18. The number of hydrogen-bond acceptors (Lipinski definition) is 3. The van der Waals surface area contributed by atoms with Gasteiger partial charge in [0.15, 0.2) is 11.5 Å². The van der Waals surface area contributed by atoms with E-state index in [1.54, 1.807) is 18.2 Å². The lowest BCUT2D eigenvalue weighted by Crippen LogP contribution is -2.25. The van der Waals surface area contributed by atoms with E-state index in [1.165, 1.54) is 0 Å². The van der Waals surface area contributed by atoms with E-state index >= 15 is 0 Å². The Morgan fingerprint density at radius 2 is 2.00 bits per heavy atom. The molecule has 0 aliphatic rings. The van der Waals surface area contributed by atoms with Crippen molar-refractivity contribution in [2.45, 2.75) is 13.0 Å². The molecule has 5 nitrogen and oxygen atoms in total. The Kier molecular flexibility index (Phi) is 4.27. The molecule has 0 fully saturated rings. The number of nitrogens with zero attached hydrogens (tertiary/aromatic N) is 3. The molecule has 1 amide bonds. The van der Waals surface area contributed by atoms with Crippen LogP contribution < -0.4 is 5.32 Å². The van der Waals surface area contributed by atoms with Crippen molar-refractivity contribution in [1.29, 1.82) is 0 Å². The fraction of sp³-hybridized carbons (Fsp3) is 0.133. The lowest BCUT2D eigenvalue weighted by atomic mass is 10.1. The summed E-state index contributed by atoms with van der Waals surface area (Å²) in [7, 11) is 0. The summed E-state index contributed by atoms with van der Waals surface area (Å²) in [5, 5.41) is 11.8. The average molecular weight is 335 g/mol. The molecular formula is C15H12Cl2N4O. The molecule has 0 saturated heterocycles. The van der Waals surface area contributed by atoms with E-state index in [9.17, 15) is 4.79 Å². The van der Waals surface area contributed by atoms with Gasteiger partial charge in [-0.05, 0) is 29.8 Å². The molecule has 7 heteroatoms. The third kappa shape index (κ3) is 3.21. The van der Waals surface area contributed by atoms with Crippen molar-refractivity contribution in [3.8, 4) is 0 Å². The first-order valence-electron chi connectivity index (χ1n) is 6.63. The van der Waals surface area contributed by atoms with Gasteiger partial charge in [0, 0.05) is 6.20 Å². The molecule has 1 N–H and O–H groups in total. The van der Waals surface area contributed by atoms with Crippen LogP contribution >= 0.6 is 23.2 Å². The first kappa shape index (κ1) is 14.8. The lowest BCUT2D eigenvalue weighted by molar-refractivity contribution is -0.120. The number of rotatable bonds is 4. The van der Waals surface area contributed by atoms with E-state index in [4.69, 9.17) is 23.2 Å². The van der Waals surface area contributed by atoms with Gasteiger partial charge in [-0.15, -0.1) is 10.2 Å². The normalized spacial score (nSPS) is 10.8. The molecule has 0 aliphatic heterocycles. The van der Waals surface area contributed by atoms with Gasteiger partial charge in [0.05, 0.1) is 23.0 Å². The molecule has 22 heavy (non-hydrogen) atoms. The molecule has 3 rings (SSSR count). The Morgan fingerprint density at radius 1 is 1.14 bits per heavy atom. The number of benzene rings is 1. The predicted octanol–water partition coefficient (Wildman–Crippen LogP) is 2.90. The van der Waals surface area contributed by atoms with Gasteiger partial charge in [0.25, 0.3) is 0 Å². The molecule has 2 aromatic heterocycles. The van der Waals surface area contributed by atoms with E-state index in [0.29, 0.717) is 22.4 Å². The summed E-state index contributed by atoms with van der Waals surface area (Å²) in [4.78, 5) is 12.0. The first-order chi connectivity index (χ1) is 10.6. The monoisotopic (exact) mass is 334 g/mol. The zero-order valence-electron chi connectivity index (χ0n) is 11.5. The number of carbonyl (C=O) groups is 1. The van der Waals surface area contributed by atoms with Crippen molar-refractivity contribution in [3.63, 3.8) is 0 Å². The Balaban J connectivity index is 1.63. The molecule has 3 aromatic rings. The smallest absolute Gasteiger partial charge is 0.224 e. The summed E-state index contributed by atoms with van der Waals surface area (Å²) in [6.07, 6.45) is 2.09. The number of fused-ring (bicyclic) bond motifs is 1. The number of halogens is 2. The van der Waals surface area contributed by atoms with Crippen LogP contribution in [0.2, 0.25) is 10.0 Å². The zero-order valence-corrected chi connectivity index (χ0v) is 13.0. The summed E-state index contributed by atoms with van der Waals surface area (Å²) in [6, 6.07) is 10.8. The van der Waals surface area contributed by atoms with Crippen molar-refractivity contribution in [2.24, 2.45) is 0 Å². The molecule has 2 heterocycles. The Labute approximate surface area is 136 Å². The van der Waals surface area contributed by atoms with Gasteiger partial charge in [-0.1, -0.05) is 35.3 Å². The average Bonchev–Trinajstić information content (AvgIpc) is 2.92. The van der Waals surface area contributed by atoms with Gasteiger partial charge < -0.3 is 5.32 Å². The summed E-state index contributed by atoms with van der Waals surface area (Å²) < 4.78 is 1.83. The third-order valence-corrected chi connectivity index (χ3v) is 3.92. The number of hydrogen-bond donors (Lipinski definition) is 1. The van der Waals surface area contributed by atoms with E-state index in [0.717, 1.165) is 11.2 Å². The Morgan fingerprint density at radius 3 is 2.82 bits per heavy atom. The van der Waals surface area contributed by atoms with Gasteiger partial charge >= 0.3 is 0 Å². The standard InChI is InChI=1S/C15H12Cl2N4O/c16-11-5-4-10(7-12(11)17)8-15(22)18-9-14-20-19-13-3-1-2-6-21(13)14/h1-7H,8-9H2,(H,18,22). The SMILES string of the molecule is O=C(Cc1ccc(Cl)c(Cl)c1)NCc1nnc2ccccn12. The molecule has 112 valence electrons. The van der Waals surface area contributed by atoms with Gasteiger partial charge in [0.2, 0.25) is 5.91 Å². The van der Waals surface area contributed by atoms with Gasteiger partial charge in [-0.3, -0.25) is 9.20 Å². The minimum atomic E-state index is -0.119. The molecule has 0 aliphatic carbocycles. The summed E-state index contributed by atoms with van der Waals surface area (Å²) in [6.45, 7) is 0.311. The second-order valence-corrected chi connectivity index (χ2v) is 5.56. The highest BCUT2D eigenvalue weighted by molar-refractivity contribution is 6.42. The van der Waals surface area contributed by atoms with Gasteiger partial charge in [-0.25, -0.2) is 0 Å². The zero-order chi connectivity index (χ0) is 15.5. The van der Waals surface area contributed by atoms with Crippen LogP contribution in [0.5, 0.6) is 0 Å². The molecule has 0 bridgehead atoms. The molecular weight excluding hydrogens is 323 g/mol. The molecule has 0 saturated carbocycles. The second-order valence-electron chi connectivity index (χ2n) is 4.75. The Hall–Kier alpha value is -2.11. The van der Waals surface area contributed by atoms with Crippen molar-refractivity contribution >= 4 is 34.8 Å². The molecule has 0 atom stereocenters. The fourth-order valence-electron chi connectivity index (χ4n) is 2.09. The summed E-state index contributed by atoms with van der Waals surface area (Å²) in [5.74, 6) is 0.559. The van der Waals surface area contributed by atoms with Crippen molar-refractivity contribution < 1.29 is 4.79 Å². The largest absolute Gasteiger partial charge is 0.348 e. The van der Waals surface area contributed by atoms with Crippen LogP contribution in [0.15, 0.2) is 42.6 Å². The van der Waals surface area contributed by atoms with Crippen molar-refractivity contribution in [1.82, 2.24) is 19.9 Å². The van der Waals surface area contributed by atoms with Crippen LogP contribution in [0, 0.1) is 0 Å². The maximum absolute atomic E-state index is 12.0. The highest BCUT2D eigenvalue weighted by atomic mass is 35.5. The van der Waals surface area contributed by atoms with Gasteiger partial charge in [0.1, 0.15) is 0 Å². The van der Waals surface area contributed by atoms with Crippen LogP contribution in [-0.2, 0) is 17.8 Å². The number of carbonyl (C=O) groups excluding carboxylic acids is 1. The Bertz CT molecular complexity index is 831. The number of nitrogens with one attached hydrogen (secondary N) is 1. The van der Waals surface area contributed by atoms with Gasteiger partial charge in [-0.2, -0.15) is 0 Å². The van der Waals surface area contributed by atoms with E-state index < -0.39 is 0 Å². The summed E-state index contributed by atoms with van der Waals surface area (Å²) in [5.41, 5.74) is 1.55. The lowest BCUT2D eigenvalue weighted by Gasteiger charge is -2.05. The quantitative estimate of drug-likeness (QED) is 0.798. The highest BCUT2D eigenvalue weighted by Gasteiger charge is 2.08. The maximum Gasteiger partial charge on any atom is 0.224 e. The summed E-state index contributed by atoms with van der Waals surface area (Å²) >= 11 is 11.8. The number of pyridine rings is 1.